The molecule has 0 fully saturated rings. The Labute approximate surface area is 115 Å². The number of aliphatic hydroxyl groups is 1. The second-order valence-electron chi connectivity index (χ2n) is 4.51. The van der Waals surface area contributed by atoms with Gasteiger partial charge in [0.1, 0.15) is 13.2 Å². The van der Waals surface area contributed by atoms with Gasteiger partial charge in [0.25, 0.3) is 0 Å². The lowest BCUT2D eigenvalue weighted by Gasteiger charge is -2.20. The Kier molecular flexibility index (Phi) is 3.40. The molecule has 5 heteroatoms. The minimum Gasteiger partial charge on any atom is -0.486 e. The van der Waals surface area contributed by atoms with Crippen LogP contribution in [0.1, 0.15) is 22.4 Å². The number of fused-ring (bicyclic) bond motifs is 1. The molecule has 4 nitrogen and oxygen atoms in total. The molecule has 0 aliphatic carbocycles. The molecule has 1 unspecified atom stereocenters. The SMILES string of the molecule is Cc1csc(CC(O)c2ccc3c(c2)OCCO3)n1. The van der Waals surface area contributed by atoms with Gasteiger partial charge in [-0.05, 0) is 24.6 Å². The zero-order chi connectivity index (χ0) is 13.2. The van der Waals surface area contributed by atoms with Gasteiger partial charge in [0, 0.05) is 17.5 Å². The Morgan fingerprint density at radius 3 is 2.84 bits per heavy atom. The van der Waals surface area contributed by atoms with Crippen molar-refractivity contribution in [2.24, 2.45) is 0 Å². The maximum Gasteiger partial charge on any atom is 0.161 e. The molecular weight excluding hydrogens is 262 g/mol. The smallest absolute Gasteiger partial charge is 0.161 e. The molecule has 1 N–H and O–H groups in total. The van der Waals surface area contributed by atoms with E-state index >= 15 is 0 Å². The van der Waals surface area contributed by atoms with Crippen LogP contribution in [0.3, 0.4) is 0 Å². The zero-order valence-corrected chi connectivity index (χ0v) is 11.4. The molecule has 3 rings (SSSR count). The van der Waals surface area contributed by atoms with E-state index in [1.54, 1.807) is 11.3 Å². The van der Waals surface area contributed by atoms with E-state index in [1.807, 2.05) is 30.5 Å². The first-order valence-electron chi connectivity index (χ1n) is 6.21. The third-order valence-corrected chi connectivity index (χ3v) is 3.97. The molecule has 0 saturated carbocycles. The van der Waals surface area contributed by atoms with Crippen LogP contribution in [0.4, 0.5) is 0 Å². The van der Waals surface area contributed by atoms with E-state index in [1.165, 1.54) is 0 Å². The zero-order valence-electron chi connectivity index (χ0n) is 10.6. The standard InChI is InChI=1S/C14H15NO3S/c1-9-8-19-14(15-9)7-11(16)10-2-3-12-13(6-10)18-5-4-17-12/h2-3,6,8,11,16H,4-5,7H2,1H3. The molecule has 2 heterocycles. The molecule has 0 amide bonds. The molecule has 1 aromatic heterocycles. The largest absolute Gasteiger partial charge is 0.486 e. The lowest BCUT2D eigenvalue weighted by atomic mass is 10.1. The molecule has 100 valence electrons. The second kappa shape index (κ2) is 5.19. The minimum absolute atomic E-state index is 0.526. The van der Waals surface area contributed by atoms with E-state index in [0.717, 1.165) is 22.0 Å². The highest BCUT2D eigenvalue weighted by Crippen LogP contribution is 2.33. The number of aryl methyl sites for hydroxylation is 1. The van der Waals surface area contributed by atoms with E-state index in [-0.39, 0.29) is 0 Å². The van der Waals surface area contributed by atoms with Crippen LogP contribution in [-0.2, 0) is 6.42 Å². The summed E-state index contributed by atoms with van der Waals surface area (Å²) in [5.41, 5.74) is 1.83. The van der Waals surface area contributed by atoms with Crippen molar-refractivity contribution in [1.82, 2.24) is 4.98 Å². The summed E-state index contributed by atoms with van der Waals surface area (Å²) in [6.07, 6.45) is -0.0422. The van der Waals surface area contributed by atoms with Gasteiger partial charge in [-0.1, -0.05) is 6.07 Å². The highest BCUT2D eigenvalue weighted by atomic mass is 32.1. The molecular formula is C14H15NO3S. The number of benzene rings is 1. The summed E-state index contributed by atoms with van der Waals surface area (Å²) in [6, 6.07) is 5.57. The Morgan fingerprint density at radius 2 is 2.11 bits per heavy atom. The Hall–Kier alpha value is -1.59. The first-order chi connectivity index (χ1) is 9.22. The first-order valence-corrected chi connectivity index (χ1v) is 7.09. The Bertz CT molecular complexity index is 582. The fourth-order valence-corrected chi connectivity index (χ4v) is 2.86. The van der Waals surface area contributed by atoms with Crippen molar-refractivity contribution in [2.75, 3.05) is 13.2 Å². The number of rotatable bonds is 3. The third-order valence-electron chi connectivity index (χ3n) is 2.99. The molecule has 1 aliphatic rings. The van der Waals surface area contributed by atoms with E-state index in [9.17, 15) is 5.11 Å². The third kappa shape index (κ3) is 2.72. The van der Waals surface area contributed by atoms with Crippen LogP contribution in [-0.4, -0.2) is 23.3 Å². The molecule has 0 radical (unpaired) electrons. The molecule has 0 bridgehead atoms. The van der Waals surface area contributed by atoms with Crippen LogP contribution in [0.5, 0.6) is 11.5 Å². The molecule has 2 aromatic rings. The van der Waals surface area contributed by atoms with Crippen LogP contribution in [0, 0.1) is 6.92 Å². The Morgan fingerprint density at radius 1 is 1.32 bits per heavy atom. The lowest BCUT2D eigenvalue weighted by Crippen LogP contribution is -2.15. The minimum atomic E-state index is -0.568. The molecule has 0 spiro atoms. The quantitative estimate of drug-likeness (QED) is 0.936. The van der Waals surface area contributed by atoms with E-state index in [4.69, 9.17) is 9.47 Å². The number of aromatic nitrogens is 1. The van der Waals surface area contributed by atoms with Gasteiger partial charge in [-0.2, -0.15) is 0 Å². The Balaban J connectivity index is 1.77. The first kappa shape index (κ1) is 12.4. The number of hydrogen-bond acceptors (Lipinski definition) is 5. The van der Waals surface area contributed by atoms with E-state index in [2.05, 4.69) is 4.98 Å². The van der Waals surface area contributed by atoms with Crippen molar-refractivity contribution in [3.8, 4) is 11.5 Å². The fraction of sp³-hybridized carbons (Fsp3) is 0.357. The number of ether oxygens (including phenoxy) is 2. The van der Waals surface area contributed by atoms with Gasteiger partial charge in [0.05, 0.1) is 11.1 Å². The van der Waals surface area contributed by atoms with Gasteiger partial charge in [-0.25, -0.2) is 4.98 Å². The van der Waals surface area contributed by atoms with E-state index in [0.29, 0.717) is 25.4 Å². The van der Waals surface area contributed by atoms with Gasteiger partial charge in [-0.15, -0.1) is 11.3 Å². The van der Waals surface area contributed by atoms with Crippen molar-refractivity contribution in [1.29, 1.82) is 0 Å². The van der Waals surface area contributed by atoms with Gasteiger partial charge in [-0.3, -0.25) is 0 Å². The van der Waals surface area contributed by atoms with E-state index < -0.39 is 6.10 Å². The maximum absolute atomic E-state index is 10.3. The van der Waals surface area contributed by atoms with Gasteiger partial charge < -0.3 is 14.6 Å². The molecule has 1 atom stereocenters. The van der Waals surface area contributed by atoms with Gasteiger partial charge >= 0.3 is 0 Å². The van der Waals surface area contributed by atoms with Crippen LogP contribution >= 0.6 is 11.3 Å². The predicted octanol–water partition coefficient (Wildman–Crippen LogP) is 2.50. The number of nitrogens with zero attached hydrogens (tertiary/aromatic N) is 1. The monoisotopic (exact) mass is 277 g/mol. The lowest BCUT2D eigenvalue weighted by molar-refractivity contribution is 0.164. The summed E-state index contributed by atoms with van der Waals surface area (Å²) in [5, 5.41) is 13.2. The van der Waals surface area contributed by atoms with Crippen LogP contribution in [0.15, 0.2) is 23.6 Å². The normalized spacial score (nSPS) is 15.3. The highest BCUT2D eigenvalue weighted by Gasteiger charge is 2.16. The van der Waals surface area contributed by atoms with Crippen molar-refractivity contribution in [3.63, 3.8) is 0 Å². The fourth-order valence-electron chi connectivity index (χ4n) is 2.05. The summed E-state index contributed by atoms with van der Waals surface area (Å²) < 4.78 is 11.0. The summed E-state index contributed by atoms with van der Waals surface area (Å²) in [5.74, 6) is 1.45. The maximum atomic E-state index is 10.3. The van der Waals surface area contributed by atoms with Gasteiger partial charge in [0.15, 0.2) is 11.5 Å². The van der Waals surface area contributed by atoms with Crippen molar-refractivity contribution in [2.45, 2.75) is 19.4 Å². The molecule has 1 aliphatic heterocycles. The summed E-state index contributed by atoms with van der Waals surface area (Å²) in [7, 11) is 0. The summed E-state index contributed by atoms with van der Waals surface area (Å²) in [6.45, 7) is 3.09. The van der Waals surface area contributed by atoms with Crippen molar-refractivity contribution in [3.05, 3.63) is 39.8 Å². The predicted molar refractivity (Wildman–Crippen MR) is 72.9 cm³/mol. The number of aliphatic hydroxyl groups excluding tert-OH is 1. The van der Waals surface area contributed by atoms with Crippen LogP contribution < -0.4 is 9.47 Å². The molecule has 1 aromatic carbocycles. The summed E-state index contributed by atoms with van der Waals surface area (Å²) in [4.78, 5) is 4.37. The summed E-state index contributed by atoms with van der Waals surface area (Å²) >= 11 is 1.57. The van der Waals surface area contributed by atoms with Crippen LogP contribution in [0.2, 0.25) is 0 Å². The molecule has 0 saturated heterocycles. The molecule has 19 heavy (non-hydrogen) atoms. The van der Waals surface area contributed by atoms with Crippen molar-refractivity contribution < 1.29 is 14.6 Å². The average Bonchev–Trinajstić information content (AvgIpc) is 2.83. The topological polar surface area (TPSA) is 51.6 Å². The van der Waals surface area contributed by atoms with Crippen molar-refractivity contribution >= 4 is 11.3 Å². The highest BCUT2D eigenvalue weighted by molar-refractivity contribution is 7.09. The van der Waals surface area contributed by atoms with Gasteiger partial charge in [0.2, 0.25) is 0 Å². The number of thiazole rings is 1. The van der Waals surface area contributed by atoms with Crippen LogP contribution in [0.25, 0.3) is 0 Å². The number of hydrogen-bond donors (Lipinski definition) is 1. The average molecular weight is 277 g/mol. The second-order valence-corrected chi connectivity index (χ2v) is 5.45.